The summed E-state index contributed by atoms with van der Waals surface area (Å²) in [6, 6.07) is 13.3. The predicted octanol–water partition coefficient (Wildman–Crippen LogP) is 3.43. The number of hydrogen-bond donors (Lipinski definition) is 2. The lowest BCUT2D eigenvalue weighted by atomic mass is 10.1. The van der Waals surface area contributed by atoms with Crippen LogP contribution in [0.1, 0.15) is 11.1 Å². The Morgan fingerprint density at radius 3 is 2.57 bits per heavy atom. The summed E-state index contributed by atoms with van der Waals surface area (Å²) in [5.74, 6) is 0.782. The molecule has 0 unspecified atom stereocenters. The van der Waals surface area contributed by atoms with Gasteiger partial charge in [-0.15, -0.1) is 0 Å². The minimum absolute atomic E-state index is 0.0647. The highest BCUT2D eigenvalue weighted by Gasteiger charge is 2.05. The number of carbonyl (C=O) groups is 1. The van der Waals surface area contributed by atoms with E-state index in [0.717, 1.165) is 30.0 Å². The highest BCUT2D eigenvalue weighted by atomic mass is 35.5. The highest BCUT2D eigenvalue weighted by molar-refractivity contribution is 6.30. The van der Waals surface area contributed by atoms with Crippen molar-refractivity contribution in [1.29, 1.82) is 0 Å². The maximum atomic E-state index is 11.9. The van der Waals surface area contributed by atoms with Crippen LogP contribution in [0.2, 0.25) is 5.02 Å². The molecule has 0 spiro atoms. The van der Waals surface area contributed by atoms with E-state index < -0.39 is 0 Å². The molecule has 0 radical (unpaired) electrons. The summed E-state index contributed by atoms with van der Waals surface area (Å²) >= 11 is 5.90. The maximum absolute atomic E-state index is 11.9. The molecule has 0 aliphatic heterocycles. The molecule has 0 saturated carbocycles. The van der Waals surface area contributed by atoms with E-state index in [1.165, 1.54) is 5.56 Å². The SMILES string of the molecule is COc1ccc(CCNCC(=O)Nc2ccc(Cl)cc2C)cc1. The number of rotatable bonds is 7. The van der Waals surface area contributed by atoms with Gasteiger partial charge < -0.3 is 15.4 Å². The van der Waals surface area contributed by atoms with Crippen molar-refractivity contribution in [2.24, 2.45) is 0 Å². The minimum atomic E-state index is -0.0647. The summed E-state index contributed by atoms with van der Waals surface area (Å²) in [6.45, 7) is 2.93. The Morgan fingerprint density at radius 2 is 1.91 bits per heavy atom. The molecule has 23 heavy (non-hydrogen) atoms. The van der Waals surface area contributed by atoms with Crippen molar-refractivity contribution in [3.63, 3.8) is 0 Å². The number of benzene rings is 2. The lowest BCUT2D eigenvalue weighted by molar-refractivity contribution is -0.115. The first kappa shape index (κ1) is 17.3. The number of aryl methyl sites for hydroxylation is 1. The molecule has 4 nitrogen and oxygen atoms in total. The van der Waals surface area contributed by atoms with Crippen LogP contribution in [0.3, 0.4) is 0 Å². The summed E-state index contributed by atoms with van der Waals surface area (Å²) in [5.41, 5.74) is 2.94. The van der Waals surface area contributed by atoms with Gasteiger partial charge in [0.05, 0.1) is 13.7 Å². The smallest absolute Gasteiger partial charge is 0.238 e. The zero-order valence-corrected chi connectivity index (χ0v) is 14.1. The van der Waals surface area contributed by atoms with E-state index in [1.54, 1.807) is 13.2 Å². The first-order valence-electron chi connectivity index (χ1n) is 7.48. The van der Waals surface area contributed by atoms with Crippen molar-refractivity contribution in [1.82, 2.24) is 5.32 Å². The second-order valence-electron chi connectivity index (χ2n) is 5.28. The van der Waals surface area contributed by atoms with Crippen LogP contribution in [-0.4, -0.2) is 26.1 Å². The molecule has 2 rings (SSSR count). The lowest BCUT2D eigenvalue weighted by Gasteiger charge is -2.09. The van der Waals surface area contributed by atoms with Gasteiger partial charge in [0.25, 0.3) is 0 Å². The summed E-state index contributed by atoms with van der Waals surface area (Å²) < 4.78 is 5.12. The number of methoxy groups -OCH3 is 1. The van der Waals surface area contributed by atoms with Gasteiger partial charge in [0.2, 0.25) is 5.91 Å². The van der Waals surface area contributed by atoms with Gasteiger partial charge in [-0.1, -0.05) is 23.7 Å². The molecule has 5 heteroatoms. The molecular weight excluding hydrogens is 312 g/mol. The number of carbonyl (C=O) groups excluding carboxylic acids is 1. The van der Waals surface area contributed by atoms with Gasteiger partial charge in [-0.25, -0.2) is 0 Å². The van der Waals surface area contributed by atoms with Gasteiger partial charge >= 0.3 is 0 Å². The Balaban J connectivity index is 1.72. The molecule has 2 N–H and O–H groups in total. The normalized spacial score (nSPS) is 10.4. The fourth-order valence-electron chi connectivity index (χ4n) is 2.19. The molecule has 2 aromatic rings. The number of halogens is 1. The second kappa shape index (κ2) is 8.56. The van der Waals surface area contributed by atoms with Crippen LogP contribution in [0.25, 0.3) is 0 Å². The Kier molecular flexibility index (Phi) is 6.44. The van der Waals surface area contributed by atoms with E-state index in [2.05, 4.69) is 10.6 Å². The van der Waals surface area contributed by atoms with Crippen molar-refractivity contribution in [2.45, 2.75) is 13.3 Å². The predicted molar refractivity (Wildman–Crippen MR) is 94.4 cm³/mol. The molecule has 0 bridgehead atoms. The summed E-state index contributed by atoms with van der Waals surface area (Å²) in [7, 11) is 1.65. The van der Waals surface area contributed by atoms with Crippen molar-refractivity contribution >= 4 is 23.2 Å². The largest absolute Gasteiger partial charge is 0.497 e. The monoisotopic (exact) mass is 332 g/mol. The van der Waals surface area contributed by atoms with Crippen molar-refractivity contribution in [3.05, 3.63) is 58.6 Å². The second-order valence-corrected chi connectivity index (χ2v) is 5.72. The van der Waals surface area contributed by atoms with Gasteiger partial charge in [-0.2, -0.15) is 0 Å². The number of hydrogen-bond acceptors (Lipinski definition) is 3. The Morgan fingerprint density at radius 1 is 1.17 bits per heavy atom. The molecule has 2 aromatic carbocycles. The number of nitrogens with one attached hydrogen (secondary N) is 2. The van der Waals surface area contributed by atoms with Crippen molar-refractivity contribution < 1.29 is 9.53 Å². The standard InChI is InChI=1S/C18H21ClN2O2/c1-13-11-15(19)5-8-17(13)21-18(22)12-20-10-9-14-3-6-16(23-2)7-4-14/h3-8,11,20H,9-10,12H2,1-2H3,(H,21,22). The van der Waals surface area contributed by atoms with Gasteiger partial charge in [-0.3, -0.25) is 4.79 Å². The zero-order chi connectivity index (χ0) is 16.7. The fraction of sp³-hybridized carbons (Fsp3) is 0.278. The van der Waals surface area contributed by atoms with Crippen molar-refractivity contribution in [2.75, 3.05) is 25.5 Å². The van der Waals surface area contributed by atoms with Gasteiger partial charge in [0, 0.05) is 10.7 Å². The Bertz CT molecular complexity index is 657. The summed E-state index contributed by atoms with van der Waals surface area (Å²) in [5, 5.41) is 6.68. The molecule has 0 aliphatic rings. The zero-order valence-electron chi connectivity index (χ0n) is 13.4. The quantitative estimate of drug-likeness (QED) is 0.764. The van der Waals surface area contributed by atoms with Crippen LogP contribution < -0.4 is 15.4 Å². The summed E-state index contributed by atoms with van der Waals surface area (Å²) in [4.78, 5) is 11.9. The Hall–Kier alpha value is -2.04. The first-order valence-corrected chi connectivity index (χ1v) is 7.86. The average Bonchev–Trinajstić information content (AvgIpc) is 2.55. The van der Waals surface area contributed by atoms with Crippen LogP contribution in [0.4, 0.5) is 5.69 Å². The topological polar surface area (TPSA) is 50.4 Å². The van der Waals surface area contributed by atoms with Crippen LogP contribution in [0, 0.1) is 6.92 Å². The molecular formula is C18H21ClN2O2. The minimum Gasteiger partial charge on any atom is -0.497 e. The molecule has 0 aliphatic carbocycles. The Labute approximate surface area is 141 Å². The molecule has 0 fully saturated rings. The van der Waals surface area contributed by atoms with Crippen LogP contribution >= 0.6 is 11.6 Å². The van der Waals surface area contributed by atoms with E-state index in [1.807, 2.05) is 43.3 Å². The van der Waals surface area contributed by atoms with Gasteiger partial charge in [-0.05, 0) is 61.3 Å². The maximum Gasteiger partial charge on any atom is 0.238 e. The molecule has 0 aromatic heterocycles. The molecule has 0 atom stereocenters. The lowest BCUT2D eigenvalue weighted by Crippen LogP contribution is -2.29. The van der Waals surface area contributed by atoms with Crippen LogP contribution in [0.5, 0.6) is 5.75 Å². The first-order chi connectivity index (χ1) is 11.1. The van der Waals surface area contributed by atoms with E-state index in [0.29, 0.717) is 5.02 Å². The molecule has 122 valence electrons. The fourth-order valence-corrected chi connectivity index (χ4v) is 2.42. The third-order valence-corrected chi connectivity index (χ3v) is 3.73. The third-order valence-electron chi connectivity index (χ3n) is 3.50. The van der Waals surface area contributed by atoms with E-state index >= 15 is 0 Å². The van der Waals surface area contributed by atoms with Crippen LogP contribution in [-0.2, 0) is 11.2 Å². The van der Waals surface area contributed by atoms with Crippen molar-refractivity contribution in [3.8, 4) is 5.75 Å². The number of anilines is 1. The van der Waals surface area contributed by atoms with E-state index in [4.69, 9.17) is 16.3 Å². The number of ether oxygens (including phenoxy) is 1. The van der Waals surface area contributed by atoms with Crippen LogP contribution in [0.15, 0.2) is 42.5 Å². The molecule has 0 heterocycles. The summed E-state index contributed by atoms with van der Waals surface area (Å²) in [6.07, 6.45) is 0.858. The average molecular weight is 333 g/mol. The van der Waals surface area contributed by atoms with Gasteiger partial charge in [0.15, 0.2) is 0 Å². The van der Waals surface area contributed by atoms with E-state index in [-0.39, 0.29) is 12.5 Å². The van der Waals surface area contributed by atoms with E-state index in [9.17, 15) is 4.79 Å². The highest BCUT2D eigenvalue weighted by Crippen LogP contribution is 2.19. The number of amides is 1. The molecule has 0 saturated heterocycles. The molecule has 1 amide bonds. The van der Waals surface area contributed by atoms with Gasteiger partial charge in [0.1, 0.15) is 5.75 Å². The third kappa shape index (κ3) is 5.58.